The summed E-state index contributed by atoms with van der Waals surface area (Å²) in [5, 5.41) is 0. The first-order valence-corrected chi connectivity index (χ1v) is 13.1. The van der Waals surface area contributed by atoms with Crippen LogP contribution in [0.1, 0.15) is 75.7 Å². The number of alkyl halides is 6. The number of benzene rings is 1. The van der Waals surface area contributed by atoms with E-state index in [-0.39, 0.29) is 24.8 Å². The quantitative estimate of drug-likeness (QED) is 0.351. The molecule has 224 valence electrons. The van der Waals surface area contributed by atoms with Crippen molar-refractivity contribution in [2.75, 3.05) is 18.0 Å². The summed E-state index contributed by atoms with van der Waals surface area (Å²) in [6.07, 6.45) is -10.9. The van der Waals surface area contributed by atoms with Gasteiger partial charge in [0.05, 0.1) is 47.8 Å². The minimum absolute atomic E-state index is 0.0476. The van der Waals surface area contributed by atoms with Gasteiger partial charge in [-0.25, -0.2) is 14.8 Å². The lowest BCUT2D eigenvalue weighted by atomic mass is 9.97. The van der Waals surface area contributed by atoms with Crippen LogP contribution in [0.4, 0.5) is 37.0 Å². The molecule has 0 radical (unpaired) electrons. The molecule has 0 aliphatic carbocycles. The van der Waals surface area contributed by atoms with Crippen molar-refractivity contribution in [1.82, 2.24) is 14.9 Å². The van der Waals surface area contributed by atoms with E-state index in [0.717, 1.165) is 11.1 Å². The molecule has 1 aromatic heterocycles. The number of hydrogen-bond acceptors (Lipinski definition) is 6. The van der Waals surface area contributed by atoms with E-state index >= 15 is 0 Å². The normalized spacial score (nSPS) is 23.6. The van der Waals surface area contributed by atoms with Crippen molar-refractivity contribution in [2.24, 2.45) is 0 Å². The third kappa shape index (κ3) is 6.60. The number of morpholine rings is 1. The average molecular weight is 587 g/mol. The smallest absolute Gasteiger partial charge is 0.416 e. The molecule has 2 saturated heterocycles. The Hall–Kier alpha value is -3.35. The number of carbonyl (C=O) groups is 1. The molecule has 13 heteroatoms. The average Bonchev–Trinajstić information content (AvgIpc) is 3.14. The third-order valence-corrected chi connectivity index (χ3v) is 7.33. The Morgan fingerprint density at radius 2 is 1.51 bits per heavy atom. The van der Waals surface area contributed by atoms with E-state index < -0.39 is 47.3 Å². The molecule has 0 spiro atoms. The van der Waals surface area contributed by atoms with E-state index in [9.17, 15) is 31.1 Å². The zero-order chi connectivity index (χ0) is 30.4. The molecule has 1 amide bonds. The Bertz CT molecular complexity index is 1300. The van der Waals surface area contributed by atoms with Crippen LogP contribution in [-0.4, -0.2) is 52.3 Å². The van der Waals surface area contributed by atoms with Gasteiger partial charge in [0.1, 0.15) is 11.8 Å². The second kappa shape index (κ2) is 11.1. The summed E-state index contributed by atoms with van der Waals surface area (Å²) in [5.41, 5.74) is -0.447. The van der Waals surface area contributed by atoms with Crippen molar-refractivity contribution in [3.05, 3.63) is 58.0 Å². The highest BCUT2D eigenvalue weighted by Gasteiger charge is 2.44. The summed E-state index contributed by atoms with van der Waals surface area (Å²) in [5.74, 6) is 0.513. The molecule has 4 unspecified atom stereocenters. The van der Waals surface area contributed by atoms with E-state index in [1.807, 2.05) is 39.5 Å². The topological polar surface area (TPSA) is 67.8 Å². The SMILES string of the molecule is CC(C)=C(C)c1cnc(N2CC(C)OC(C)C2)c(CN2C(=O)OC(c3cc(C(F)(F)F)cc(C(F)(F)F)c3)C2C)n1. The zero-order valence-corrected chi connectivity index (χ0v) is 23.5. The molecule has 7 nitrogen and oxygen atoms in total. The second-order valence-corrected chi connectivity index (χ2v) is 10.8. The number of halogens is 6. The van der Waals surface area contributed by atoms with E-state index in [0.29, 0.717) is 42.4 Å². The van der Waals surface area contributed by atoms with Crippen molar-refractivity contribution in [3.63, 3.8) is 0 Å². The van der Waals surface area contributed by atoms with Crippen LogP contribution in [0.15, 0.2) is 30.0 Å². The summed E-state index contributed by atoms with van der Waals surface area (Å²) in [6.45, 7) is 12.0. The summed E-state index contributed by atoms with van der Waals surface area (Å²) < 4.78 is 92.1. The van der Waals surface area contributed by atoms with Crippen LogP contribution < -0.4 is 4.90 Å². The van der Waals surface area contributed by atoms with Crippen molar-refractivity contribution >= 4 is 17.5 Å². The molecular weight excluding hydrogens is 554 g/mol. The molecule has 0 N–H and O–H groups in total. The number of allylic oxidation sites excluding steroid dienone is 2. The van der Waals surface area contributed by atoms with Gasteiger partial charge in [-0.05, 0) is 70.9 Å². The van der Waals surface area contributed by atoms with Crippen LogP contribution in [0, 0.1) is 0 Å². The summed E-state index contributed by atoms with van der Waals surface area (Å²) in [7, 11) is 0. The predicted octanol–water partition coefficient (Wildman–Crippen LogP) is 7.02. The molecular formula is C28H32F6N4O3. The fourth-order valence-electron chi connectivity index (χ4n) is 5.04. The molecule has 2 aromatic rings. The highest BCUT2D eigenvalue weighted by Crippen LogP contribution is 2.41. The van der Waals surface area contributed by atoms with Gasteiger partial charge in [-0.2, -0.15) is 26.3 Å². The van der Waals surface area contributed by atoms with Gasteiger partial charge in [0.2, 0.25) is 0 Å². The van der Waals surface area contributed by atoms with Crippen LogP contribution in [0.2, 0.25) is 0 Å². The number of hydrogen-bond donors (Lipinski definition) is 0. The van der Waals surface area contributed by atoms with Crippen molar-refractivity contribution in [2.45, 2.75) is 84.8 Å². The van der Waals surface area contributed by atoms with Gasteiger partial charge >= 0.3 is 18.4 Å². The number of carbonyl (C=O) groups excluding carboxylic acids is 1. The van der Waals surface area contributed by atoms with Crippen LogP contribution in [-0.2, 0) is 28.4 Å². The molecule has 2 aliphatic rings. The van der Waals surface area contributed by atoms with Crippen molar-refractivity contribution in [3.8, 4) is 0 Å². The van der Waals surface area contributed by atoms with E-state index in [1.54, 1.807) is 6.20 Å². The number of amides is 1. The predicted molar refractivity (Wildman–Crippen MR) is 139 cm³/mol. The summed E-state index contributed by atoms with van der Waals surface area (Å²) >= 11 is 0. The lowest BCUT2D eigenvalue weighted by Gasteiger charge is -2.37. The molecule has 4 atom stereocenters. The Morgan fingerprint density at radius 1 is 0.951 bits per heavy atom. The lowest BCUT2D eigenvalue weighted by Crippen LogP contribution is -2.46. The summed E-state index contributed by atoms with van der Waals surface area (Å²) in [4.78, 5) is 25.7. The molecule has 4 rings (SSSR count). The standard InChI is InChI=1S/C28H32F6N4O3/c1-14(2)17(5)22-10-35-25(37-11-15(3)40-16(4)12-37)23(36-22)13-38-18(6)24(41-26(38)39)19-7-20(27(29,30)31)9-21(8-19)28(32,33)34/h7-10,15-16,18,24H,11-13H2,1-6H3. The molecule has 3 heterocycles. The fourth-order valence-corrected chi connectivity index (χ4v) is 5.04. The maximum Gasteiger partial charge on any atom is 0.416 e. The highest BCUT2D eigenvalue weighted by molar-refractivity contribution is 5.71. The number of ether oxygens (including phenoxy) is 2. The van der Waals surface area contributed by atoms with Crippen molar-refractivity contribution in [1.29, 1.82) is 0 Å². The van der Waals surface area contributed by atoms with E-state index in [2.05, 4.69) is 4.98 Å². The third-order valence-electron chi connectivity index (χ3n) is 7.33. The van der Waals surface area contributed by atoms with Gasteiger partial charge in [-0.3, -0.25) is 4.90 Å². The molecule has 1 aromatic carbocycles. The number of anilines is 1. The molecule has 0 bridgehead atoms. The maximum atomic E-state index is 13.5. The van der Waals surface area contributed by atoms with Gasteiger partial charge in [-0.1, -0.05) is 5.57 Å². The Kier molecular flexibility index (Phi) is 8.32. The minimum atomic E-state index is -5.03. The number of nitrogens with zero attached hydrogens (tertiary/aromatic N) is 4. The van der Waals surface area contributed by atoms with Gasteiger partial charge in [0.15, 0.2) is 5.82 Å². The van der Waals surface area contributed by atoms with Crippen LogP contribution in [0.5, 0.6) is 0 Å². The zero-order valence-electron chi connectivity index (χ0n) is 23.5. The first-order valence-electron chi connectivity index (χ1n) is 13.1. The summed E-state index contributed by atoms with van der Waals surface area (Å²) in [6, 6.07) is 0.324. The van der Waals surface area contributed by atoms with Gasteiger partial charge < -0.3 is 14.4 Å². The number of cyclic esters (lactones) is 1. The molecule has 2 aliphatic heterocycles. The molecule has 0 saturated carbocycles. The van der Waals surface area contributed by atoms with E-state index in [1.165, 1.54) is 11.8 Å². The Balaban J connectivity index is 1.72. The molecule has 41 heavy (non-hydrogen) atoms. The van der Waals surface area contributed by atoms with E-state index in [4.69, 9.17) is 14.5 Å². The van der Waals surface area contributed by atoms with Gasteiger partial charge in [-0.15, -0.1) is 0 Å². The van der Waals surface area contributed by atoms with Crippen molar-refractivity contribution < 1.29 is 40.6 Å². The maximum absolute atomic E-state index is 13.5. The largest absolute Gasteiger partial charge is 0.439 e. The second-order valence-electron chi connectivity index (χ2n) is 10.8. The first-order chi connectivity index (χ1) is 19.0. The van der Waals surface area contributed by atoms with Crippen LogP contribution in [0.25, 0.3) is 5.57 Å². The van der Waals surface area contributed by atoms with Crippen LogP contribution >= 0.6 is 0 Å². The number of aromatic nitrogens is 2. The fraction of sp³-hybridized carbons (Fsp3) is 0.536. The monoisotopic (exact) mass is 586 g/mol. The lowest BCUT2D eigenvalue weighted by molar-refractivity contribution is -0.143. The van der Waals surface area contributed by atoms with Crippen LogP contribution in [0.3, 0.4) is 0 Å². The van der Waals surface area contributed by atoms with Gasteiger partial charge in [0.25, 0.3) is 0 Å². The number of rotatable bonds is 5. The first kappa shape index (κ1) is 30.6. The van der Waals surface area contributed by atoms with Gasteiger partial charge in [0, 0.05) is 13.1 Å². The Labute approximate surface area is 234 Å². The Morgan fingerprint density at radius 3 is 2.02 bits per heavy atom. The minimum Gasteiger partial charge on any atom is -0.439 e. The highest BCUT2D eigenvalue weighted by atomic mass is 19.4. The molecule has 2 fully saturated rings.